The molecule has 2 N–H and O–H groups in total. The van der Waals surface area contributed by atoms with E-state index in [-0.39, 0.29) is 12.5 Å². The fraction of sp³-hybridized carbons (Fsp3) is 0.0952. The molecule has 4 nitrogen and oxygen atoms in total. The van der Waals surface area contributed by atoms with Gasteiger partial charge in [-0.25, -0.2) is 0 Å². The highest BCUT2D eigenvalue weighted by Crippen LogP contribution is 2.25. The van der Waals surface area contributed by atoms with Gasteiger partial charge in [0, 0.05) is 16.8 Å². The maximum Gasteiger partial charge on any atom is 0.243 e. The first-order valence-corrected chi connectivity index (χ1v) is 9.11. The van der Waals surface area contributed by atoms with Crippen molar-refractivity contribution in [3.05, 3.63) is 88.4 Å². The Kier molecular flexibility index (Phi) is 6.58. The lowest BCUT2D eigenvalue weighted by atomic mass is 10.2. The van der Waals surface area contributed by atoms with Crippen molar-refractivity contribution in [2.75, 3.05) is 17.2 Å². The Bertz CT molecular complexity index is 917. The second-order valence-corrected chi connectivity index (χ2v) is 6.67. The van der Waals surface area contributed by atoms with Gasteiger partial charge in [0.2, 0.25) is 5.91 Å². The smallest absolute Gasteiger partial charge is 0.243 e. The summed E-state index contributed by atoms with van der Waals surface area (Å²) in [5.41, 5.74) is 2.36. The molecule has 0 aliphatic heterocycles. The normalized spacial score (nSPS) is 10.3. The Labute approximate surface area is 168 Å². The highest BCUT2D eigenvalue weighted by atomic mass is 35.5. The summed E-state index contributed by atoms with van der Waals surface area (Å²) in [6, 6.07) is 22.3. The van der Waals surface area contributed by atoms with Gasteiger partial charge in [-0.15, -0.1) is 0 Å². The van der Waals surface area contributed by atoms with Gasteiger partial charge in [0.1, 0.15) is 12.4 Å². The average Bonchev–Trinajstić information content (AvgIpc) is 2.69. The number of benzene rings is 3. The van der Waals surface area contributed by atoms with Gasteiger partial charge in [-0.1, -0.05) is 59.6 Å². The van der Waals surface area contributed by atoms with Crippen LogP contribution < -0.4 is 15.4 Å². The minimum Gasteiger partial charge on any atom is -0.489 e. The molecule has 0 unspecified atom stereocenters. The van der Waals surface area contributed by atoms with Gasteiger partial charge in [-0.3, -0.25) is 4.79 Å². The number of rotatable bonds is 7. The lowest BCUT2D eigenvalue weighted by Gasteiger charge is -2.11. The highest BCUT2D eigenvalue weighted by molar-refractivity contribution is 6.35. The minimum absolute atomic E-state index is 0.0883. The zero-order valence-electron chi connectivity index (χ0n) is 14.4. The molecule has 138 valence electrons. The van der Waals surface area contributed by atoms with Crippen LogP contribution in [0.2, 0.25) is 10.0 Å². The molecular formula is C21H18Cl2N2O2. The summed E-state index contributed by atoms with van der Waals surface area (Å²) in [6.45, 7) is 0.572. The predicted octanol–water partition coefficient (Wildman–Crippen LogP) is 5.62. The molecule has 3 aromatic rings. The second kappa shape index (κ2) is 9.31. The van der Waals surface area contributed by atoms with Crippen molar-refractivity contribution in [2.24, 2.45) is 0 Å². The average molecular weight is 401 g/mol. The van der Waals surface area contributed by atoms with Crippen LogP contribution in [0, 0.1) is 0 Å². The Hall–Kier alpha value is -2.69. The summed E-state index contributed by atoms with van der Waals surface area (Å²) in [5, 5.41) is 6.74. The molecule has 3 rings (SSSR count). The van der Waals surface area contributed by atoms with Crippen LogP contribution in [0.3, 0.4) is 0 Å². The summed E-state index contributed by atoms with van der Waals surface area (Å²) in [6.07, 6.45) is 0. The largest absolute Gasteiger partial charge is 0.489 e. The van der Waals surface area contributed by atoms with Crippen LogP contribution in [-0.2, 0) is 11.4 Å². The molecule has 0 aliphatic carbocycles. The van der Waals surface area contributed by atoms with E-state index in [2.05, 4.69) is 10.6 Å². The summed E-state index contributed by atoms with van der Waals surface area (Å²) >= 11 is 12.0. The highest BCUT2D eigenvalue weighted by Gasteiger charge is 2.07. The van der Waals surface area contributed by atoms with Crippen LogP contribution in [0.15, 0.2) is 72.8 Å². The monoisotopic (exact) mass is 400 g/mol. The summed E-state index contributed by atoms with van der Waals surface area (Å²) < 4.78 is 5.79. The van der Waals surface area contributed by atoms with E-state index in [1.807, 2.05) is 54.6 Å². The fourth-order valence-corrected chi connectivity index (χ4v) is 2.74. The number of ether oxygens (including phenoxy) is 1. The van der Waals surface area contributed by atoms with E-state index in [0.29, 0.717) is 22.3 Å². The summed E-state index contributed by atoms with van der Waals surface area (Å²) in [4.78, 5) is 12.1. The van der Waals surface area contributed by atoms with E-state index in [1.54, 1.807) is 18.2 Å². The van der Waals surface area contributed by atoms with E-state index < -0.39 is 0 Å². The molecule has 3 aromatic carbocycles. The van der Waals surface area contributed by atoms with Gasteiger partial charge in [0.05, 0.1) is 17.3 Å². The van der Waals surface area contributed by atoms with Crippen LogP contribution in [0.4, 0.5) is 11.4 Å². The lowest BCUT2D eigenvalue weighted by molar-refractivity contribution is -0.114. The van der Waals surface area contributed by atoms with Crippen LogP contribution in [0.25, 0.3) is 0 Å². The number of anilines is 2. The molecule has 0 bridgehead atoms. The predicted molar refractivity (Wildman–Crippen MR) is 111 cm³/mol. The molecule has 0 fully saturated rings. The molecule has 0 radical (unpaired) electrons. The lowest BCUT2D eigenvalue weighted by Crippen LogP contribution is -2.21. The van der Waals surface area contributed by atoms with Crippen LogP contribution in [0.5, 0.6) is 5.75 Å². The van der Waals surface area contributed by atoms with E-state index in [0.717, 1.165) is 17.0 Å². The first kappa shape index (κ1) is 19.1. The number of amides is 1. The third kappa shape index (κ3) is 5.91. The summed E-state index contributed by atoms with van der Waals surface area (Å²) in [5.74, 6) is 0.497. The number of nitrogens with one attached hydrogen (secondary N) is 2. The van der Waals surface area contributed by atoms with Crippen LogP contribution >= 0.6 is 23.2 Å². The first-order valence-electron chi connectivity index (χ1n) is 8.36. The van der Waals surface area contributed by atoms with Gasteiger partial charge in [0.25, 0.3) is 0 Å². The van der Waals surface area contributed by atoms with Crippen molar-refractivity contribution in [3.63, 3.8) is 0 Å². The first-order chi connectivity index (χ1) is 13.1. The molecule has 0 aliphatic rings. The third-order valence-electron chi connectivity index (χ3n) is 3.74. The van der Waals surface area contributed by atoms with Gasteiger partial charge in [-0.05, 0) is 35.9 Å². The fourth-order valence-electron chi connectivity index (χ4n) is 2.41. The van der Waals surface area contributed by atoms with E-state index >= 15 is 0 Å². The number of carbonyl (C=O) groups is 1. The molecule has 27 heavy (non-hydrogen) atoms. The standard InChI is InChI=1S/C21H18Cl2N2O2/c22-16-9-10-19(23)20(11-16)25-21(26)13-24-17-7-4-8-18(12-17)27-14-15-5-2-1-3-6-15/h1-12,24H,13-14H2,(H,25,26). The van der Waals surface area contributed by atoms with Crippen LogP contribution in [0.1, 0.15) is 5.56 Å². The number of hydrogen-bond acceptors (Lipinski definition) is 3. The zero-order valence-corrected chi connectivity index (χ0v) is 15.9. The molecule has 6 heteroatoms. The molecule has 0 aromatic heterocycles. The maximum absolute atomic E-state index is 12.1. The van der Waals surface area contributed by atoms with Gasteiger partial charge >= 0.3 is 0 Å². The molecule has 1 amide bonds. The molecule has 0 saturated heterocycles. The van der Waals surface area contributed by atoms with Crippen molar-refractivity contribution < 1.29 is 9.53 Å². The number of halogens is 2. The van der Waals surface area contributed by atoms with Crippen LogP contribution in [-0.4, -0.2) is 12.5 Å². The van der Waals surface area contributed by atoms with Crippen molar-refractivity contribution >= 4 is 40.5 Å². The van der Waals surface area contributed by atoms with E-state index in [9.17, 15) is 4.79 Å². The molecule has 0 heterocycles. The SMILES string of the molecule is O=C(CNc1cccc(OCc2ccccc2)c1)Nc1cc(Cl)ccc1Cl. The Morgan fingerprint density at radius 1 is 0.926 bits per heavy atom. The van der Waals surface area contributed by atoms with E-state index in [4.69, 9.17) is 27.9 Å². The van der Waals surface area contributed by atoms with E-state index in [1.165, 1.54) is 0 Å². The number of carbonyl (C=O) groups excluding carboxylic acids is 1. The Balaban J connectivity index is 1.53. The molecule has 0 atom stereocenters. The number of hydrogen-bond donors (Lipinski definition) is 2. The minimum atomic E-state index is -0.227. The summed E-state index contributed by atoms with van der Waals surface area (Å²) in [7, 11) is 0. The molecule has 0 spiro atoms. The maximum atomic E-state index is 12.1. The Morgan fingerprint density at radius 2 is 1.74 bits per heavy atom. The Morgan fingerprint density at radius 3 is 2.56 bits per heavy atom. The van der Waals surface area contributed by atoms with Crippen molar-refractivity contribution in [1.82, 2.24) is 0 Å². The zero-order chi connectivity index (χ0) is 19.1. The van der Waals surface area contributed by atoms with Gasteiger partial charge in [-0.2, -0.15) is 0 Å². The quantitative estimate of drug-likeness (QED) is 0.540. The topological polar surface area (TPSA) is 50.4 Å². The van der Waals surface area contributed by atoms with Crippen molar-refractivity contribution in [3.8, 4) is 5.75 Å². The van der Waals surface area contributed by atoms with Crippen molar-refractivity contribution in [1.29, 1.82) is 0 Å². The second-order valence-electron chi connectivity index (χ2n) is 5.83. The van der Waals surface area contributed by atoms with Gasteiger partial charge in [0.15, 0.2) is 0 Å². The molecular weight excluding hydrogens is 383 g/mol. The third-order valence-corrected chi connectivity index (χ3v) is 4.30. The molecule has 0 saturated carbocycles. The van der Waals surface area contributed by atoms with Crippen molar-refractivity contribution in [2.45, 2.75) is 6.61 Å². The van der Waals surface area contributed by atoms with Gasteiger partial charge < -0.3 is 15.4 Å².